The average Bonchev–Trinajstić information content (AvgIpc) is 2.85. The van der Waals surface area contributed by atoms with Gasteiger partial charge in [-0.15, -0.1) is 0 Å². The quantitative estimate of drug-likeness (QED) is 0.914. The Bertz CT molecular complexity index is 540. The number of nitrogens with one attached hydrogen (secondary N) is 1. The number of rotatable bonds is 4. The van der Waals surface area contributed by atoms with Gasteiger partial charge in [0.15, 0.2) is 5.82 Å². The van der Waals surface area contributed by atoms with E-state index < -0.39 is 0 Å². The van der Waals surface area contributed by atoms with Crippen LogP contribution in [0.4, 0.5) is 5.82 Å². The molecule has 3 rings (SSSR count). The van der Waals surface area contributed by atoms with Gasteiger partial charge in [-0.05, 0) is 37.9 Å². The van der Waals surface area contributed by atoms with E-state index in [0.717, 1.165) is 31.8 Å². The van der Waals surface area contributed by atoms with Crippen LogP contribution in [0, 0.1) is 0 Å². The maximum Gasteiger partial charge on any atom is 0.152 e. The molecule has 0 radical (unpaired) electrons. The predicted molar refractivity (Wildman–Crippen MR) is 78.6 cm³/mol. The van der Waals surface area contributed by atoms with Crippen LogP contribution in [-0.4, -0.2) is 29.0 Å². The van der Waals surface area contributed by atoms with Crippen molar-refractivity contribution in [1.29, 1.82) is 0 Å². The third-order valence-electron chi connectivity index (χ3n) is 3.81. The van der Waals surface area contributed by atoms with Crippen molar-refractivity contribution >= 4 is 11.5 Å². The van der Waals surface area contributed by atoms with E-state index in [1.54, 1.807) is 0 Å². The number of pyridine rings is 1. The Labute approximate surface area is 114 Å². The molecule has 2 aromatic heterocycles. The monoisotopic (exact) mass is 258 g/mol. The highest BCUT2D eigenvalue weighted by Gasteiger charge is 2.19. The smallest absolute Gasteiger partial charge is 0.152 e. The molecule has 4 nitrogen and oxygen atoms in total. The summed E-state index contributed by atoms with van der Waals surface area (Å²) in [5.41, 5.74) is 2.34. The number of hydrogen-bond acceptors (Lipinski definition) is 3. The van der Waals surface area contributed by atoms with Gasteiger partial charge in [-0.3, -0.25) is 0 Å². The van der Waals surface area contributed by atoms with E-state index in [1.165, 1.54) is 30.8 Å². The van der Waals surface area contributed by atoms with Crippen LogP contribution >= 0.6 is 0 Å². The van der Waals surface area contributed by atoms with E-state index in [1.807, 2.05) is 0 Å². The Kier molecular flexibility index (Phi) is 3.69. The lowest BCUT2D eigenvalue weighted by atomic mass is 10.1. The summed E-state index contributed by atoms with van der Waals surface area (Å²) < 4.78 is 2.21. The Hall–Kier alpha value is -1.55. The number of hydrogen-bond donors (Lipinski definition) is 1. The molecule has 102 valence electrons. The van der Waals surface area contributed by atoms with Gasteiger partial charge in [-0.25, -0.2) is 4.98 Å². The van der Waals surface area contributed by atoms with E-state index in [9.17, 15) is 0 Å². The molecule has 1 aliphatic rings. The lowest BCUT2D eigenvalue weighted by Gasteiger charge is -2.27. The van der Waals surface area contributed by atoms with Gasteiger partial charge in [-0.1, -0.05) is 13.0 Å². The summed E-state index contributed by atoms with van der Waals surface area (Å²) in [6.45, 7) is 6.29. The first-order chi connectivity index (χ1) is 9.40. The van der Waals surface area contributed by atoms with Crippen molar-refractivity contribution in [2.75, 3.05) is 24.5 Å². The molecule has 1 saturated heterocycles. The van der Waals surface area contributed by atoms with Gasteiger partial charge in [-0.2, -0.15) is 0 Å². The highest BCUT2D eigenvalue weighted by molar-refractivity contribution is 5.56. The standard InChI is InChI=1S/C15H22N4/c1-2-16-12-13-15(18-9-5-3-6-10-18)17-14-8-4-7-11-19(13)14/h4,7-8,11,16H,2-3,5-6,9-10,12H2,1H3. The van der Waals surface area contributed by atoms with Crippen LogP contribution in [0.2, 0.25) is 0 Å². The molecule has 19 heavy (non-hydrogen) atoms. The first-order valence-corrected chi connectivity index (χ1v) is 7.32. The summed E-state index contributed by atoms with van der Waals surface area (Å²) in [5.74, 6) is 1.17. The molecule has 3 heterocycles. The SMILES string of the molecule is CCNCc1c(N2CCCCC2)nc2ccccn12. The number of fused-ring (bicyclic) bond motifs is 1. The lowest BCUT2D eigenvalue weighted by Crippen LogP contribution is -2.31. The second-order valence-corrected chi connectivity index (χ2v) is 5.14. The summed E-state index contributed by atoms with van der Waals surface area (Å²) in [6.07, 6.45) is 6.04. The Morgan fingerprint density at radius 2 is 2.05 bits per heavy atom. The molecule has 2 aromatic rings. The fourth-order valence-corrected chi connectivity index (χ4v) is 2.80. The van der Waals surface area contributed by atoms with Crippen molar-refractivity contribution in [3.05, 3.63) is 30.1 Å². The number of piperidine rings is 1. The van der Waals surface area contributed by atoms with E-state index >= 15 is 0 Å². The molecule has 0 unspecified atom stereocenters. The molecule has 1 N–H and O–H groups in total. The highest BCUT2D eigenvalue weighted by Crippen LogP contribution is 2.24. The van der Waals surface area contributed by atoms with E-state index in [4.69, 9.17) is 4.98 Å². The van der Waals surface area contributed by atoms with Gasteiger partial charge in [0, 0.05) is 25.8 Å². The minimum absolute atomic E-state index is 0.882. The fourth-order valence-electron chi connectivity index (χ4n) is 2.80. The van der Waals surface area contributed by atoms with E-state index in [0.29, 0.717) is 0 Å². The molecule has 0 amide bonds. The van der Waals surface area contributed by atoms with Crippen molar-refractivity contribution in [3.63, 3.8) is 0 Å². The molecule has 4 heteroatoms. The zero-order valence-electron chi connectivity index (χ0n) is 11.6. The Balaban J connectivity index is 2.00. The van der Waals surface area contributed by atoms with Crippen LogP contribution in [0.15, 0.2) is 24.4 Å². The Morgan fingerprint density at radius 3 is 2.84 bits per heavy atom. The molecule has 0 saturated carbocycles. The summed E-state index contributed by atoms with van der Waals surface area (Å²) in [5, 5.41) is 3.43. The van der Waals surface area contributed by atoms with Crippen LogP contribution in [0.25, 0.3) is 5.65 Å². The summed E-state index contributed by atoms with van der Waals surface area (Å²) >= 11 is 0. The normalized spacial score (nSPS) is 16.2. The van der Waals surface area contributed by atoms with Crippen LogP contribution in [0.1, 0.15) is 31.9 Å². The van der Waals surface area contributed by atoms with Crippen molar-refractivity contribution < 1.29 is 0 Å². The predicted octanol–water partition coefficient (Wildman–Crippen LogP) is 2.43. The zero-order chi connectivity index (χ0) is 13.1. The van der Waals surface area contributed by atoms with Crippen molar-refractivity contribution in [2.24, 2.45) is 0 Å². The third kappa shape index (κ3) is 2.45. The van der Waals surface area contributed by atoms with Gasteiger partial charge in [0.2, 0.25) is 0 Å². The van der Waals surface area contributed by atoms with E-state index in [2.05, 4.69) is 45.9 Å². The Morgan fingerprint density at radius 1 is 1.21 bits per heavy atom. The van der Waals surface area contributed by atoms with E-state index in [-0.39, 0.29) is 0 Å². The second-order valence-electron chi connectivity index (χ2n) is 5.14. The van der Waals surface area contributed by atoms with Gasteiger partial charge in [0.1, 0.15) is 5.65 Å². The molecular weight excluding hydrogens is 236 g/mol. The minimum Gasteiger partial charge on any atom is -0.355 e. The molecule has 0 spiro atoms. The zero-order valence-corrected chi connectivity index (χ0v) is 11.6. The van der Waals surface area contributed by atoms with Gasteiger partial charge in [0.25, 0.3) is 0 Å². The van der Waals surface area contributed by atoms with Crippen molar-refractivity contribution in [2.45, 2.75) is 32.7 Å². The molecule has 1 fully saturated rings. The average molecular weight is 258 g/mol. The first kappa shape index (κ1) is 12.5. The number of imidazole rings is 1. The maximum absolute atomic E-state index is 4.84. The van der Waals surface area contributed by atoms with Gasteiger partial charge in [0.05, 0.1) is 5.69 Å². The van der Waals surface area contributed by atoms with Crippen LogP contribution < -0.4 is 10.2 Å². The minimum atomic E-state index is 0.882. The number of aromatic nitrogens is 2. The van der Waals surface area contributed by atoms with Crippen molar-refractivity contribution in [1.82, 2.24) is 14.7 Å². The van der Waals surface area contributed by atoms with Crippen LogP contribution in [0.5, 0.6) is 0 Å². The molecular formula is C15H22N4. The fraction of sp³-hybridized carbons (Fsp3) is 0.533. The van der Waals surface area contributed by atoms with Gasteiger partial charge >= 0.3 is 0 Å². The van der Waals surface area contributed by atoms with Crippen LogP contribution in [-0.2, 0) is 6.54 Å². The molecule has 0 bridgehead atoms. The van der Waals surface area contributed by atoms with Crippen LogP contribution in [0.3, 0.4) is 0 Å². The molecule has 0 aliphatic carbocycles. The van der Waals surface area contributed by atoms with Crippen molar-refractivity contribution in [3.8, 4) is 0 Å². The van der Waals surface area contributed by atoms with Gasteiger partial charge < -0.3 is 14.6 Å². The molecule has 0 aromatic carbocycles. The maximum atomic E-state index is 4.84. The summed E-state index contributed by atoms with van der Waals surface area (Å²) in [7, 11) is 0. The highest BCUT2D eigenvalue weighted by atomic mass is 15.2. The molecule has 0 atom stereocenters. The first-order valence-electron chi connectivity index (χ1n) is 7.32. The molecule has 1 aliphatic heterocycles. The lowest BCUT2D eigenvalue weighted by molar-refractivity contribution is 0.570. The summed E-state index contributed by atoms with van der Waals surface area (Å²) in [6, 6.07) is 6.21. The number of nitrogens with zero attached hydrogens (tertiary/aromatic N) is 3. The number of anilines is 1. The largest absolute Gasteiger partial charge is 0.355 e. The third-order valence-corrected chi connectivity index (χ3v) is 3.81. The topological polar surface area (TPSA) is 32.6 Å². The second kappa shape index (κ2) is 5.61. The summed E-state index contributed by atoms with van der Waals surface area (Å²) in [4.78, 5) is 7.29.